The van der Waals surface area contributed by atoms with Crippen molar-refractivity contribution in [2.75, 3.05) is 0 Å². The van der Waals surface area contributed by atoms with Crippen molar-refractivity contribution in [3.8, 4) is 11.1 Å². The molecule has 0 aliphatic heterocycles. The van der Waals surface area contributed by atoms with Crippen molar-refractivity contribution >= 4 is 17.0 Å². The Kier molecular flexibility index (Phi) is 5.09. The lowest BCUT2D eigenvalue weighted by molar-refractivity contribution is 0.266. The highest BCUT2D eigenvalue weighted by molar-refractivity contribution is 6.62. The number of carbonyl (C=O) groups excluding carboxylic acids is 1. The maximum Gasteiger partial charge on any atom is 0.311 e. The molecule has 2 rings (SSSR count). The molecular weight excluding hydrogens is 222 g/mol. The predicted molar refractivity (Wildman–Crippen MR) is 67.3 cm³/mol. The molecule has 0 radical (unpaired) electrons. The van der Waals surface area contributed by atoms with E-state index in [0.717, 1.165) is 0 Å². The molecule has 0 saturated carbocycles. The van der Waals surface area contributed by atoms with E-state index in [0.29, 0.717) is 0 Å². The van der Waals surface area contributed by atoms with Crippen molar-refractivity contribution in [1.82, 2.24) is 0 Å². The summed E-state index contributed by atoms with van der Waals surface area (Å²) in [6.45, 7) is 0. The average molecular weight is 234 g/mol. The number of halogens is 1. The molecule has 0 fully saturated rings. The van der Waals surface area contributed by atoms with Crippen LogP contribution in [0.3, 0.4) is 0 Å². The highest BCUT2D eigenvalue weighted by atomic mass is 35.5. The third-order valence-electron chi connectivity index (χ3n) is 1.88. The number of hydrogen-bond acceptors (Lipinski definition) is 1. The topological polar surface area (TPSA) is 43.1 Å². The van der Waals surface area contributed by atoms with Crippen LogP contribution in [-0.2, 0) is 0 Å². The second kappa shape index (κ2) is 6.64. The van der Waals surface area contributed by atoms with Crippen LogP contribution in [0.4, 0.5) is 4.79 Å². The second-order valence-corrected chi connectivity index (χ2v) is 3.41. The molecule has 2 N–H and O–H groups in total. The van der Waals surface area contributed by atoms with Crippen LogP contribution < -0.4 is 5.73 Å². The third kappa shape index (κ3) is 4.62. The summed E-state index contributed by atoms with van der Waals surface area (Å²) in [6, 6.07) is 20.8. The first-order valence-corrected chi connectivity index (χ1v) is 5.13. The van der Waals surface area contributed by atoms with Crippen molar-refractivity contribution < 1.29 is 4.79 Å². The van der Waals surface area contributed by atoms with Crippen LogP contribution in [0, 0.1) is 0 Å². The van der Waals surface area contributed by atoms with Gasteiger partial charge >= 0.3 is 5.37 Å². The number of benzene rings is 2. The van der Waals surface area contributed by atoms with Gasteiger partial charge in [-0.1, -0.05) is 60.7 Å². The highest BCUT2D eigenvalue weighted by Gasteiger charge is 1.91. The molecule has 82 valence electrons. The van der Waals surface area contributed by atoms with E-state index < -0.39 is 5.37 Å². The summed E-state index contributed by atoms with van der Waals surface area (Å²) in [4.78, 5) is 8.99. The largest absolute Gasteiger partial charge is 0.356 e. The molecule has 0 saturated heterocycles. The van der Waals surface area contributed by atoms with Crippen molar-refractivity contribution in [3.05, 3.63) is 60.7 Å². The minimum atomic E-state index is -0.861. The van der Waals surface area contributed by atoms with Gasteiger partial charge in [0.05, 0.1) is 0 Å². The quantitative estimate of drug-likeness (QED) is 0.593. The summed E-state index contributed by atoms with van der Waals surface area (Å²) in [5.41, 5.74) is 6.79. The summed E-state index contributed by atoms with van der Waals surface area (Å²) >= 11 is 4.41. The zero-order chi connectivity index (χ0) is 11.8. The van der Waals surface area contributed by atoms with E-state index in [1.54, 1.807) is 0 Å². The monoisotopic (exact) mass is 233 g/mol. The molecule has 3 heteroatoms. The van der Waals surface area contributed by atoms with Crippen LogP contribution in [0.5, 0.6) is 0 Å². The average Bonchev–Trinajstić information content (AvgIpc) is 2.31. The maximum atomic E-state index is 8.99. The molecule has 2 aromatic carbocycles. The van der Waals surface area contributed by atoms with E-state index in [-0.39, 0.29) is 0 Å². The smallest absolute Gasteiger partial charge is 0.311 e. The van der Waals surface area contributed by atoms with E-state index in [4.69, 9.17) is 4.79 Å². The molecular formula is C13H12ClNO. The maximum absolute atomic E-state index is 8.99. The van der Waals surface area contributed by atoms with Crippen molar-refractivity contribution in [2.45, 2.75) is 0 Å². The number of hydrogen-bond donors (Lipinski definition) is 1. The van der Waals surface area contributed by atoms with Crippen molar-refractivity contribution in [3.63, 3.8) is 0 Å². The van der Waals surface area contributed by atoms with Gasteiger partial charge in [0.2, 0.25) is 0 Å². The summed E-state index contributed by atoms with van der Waals surface area (Å²) < 4.78 is 0. The number of primary amides is 1. The molecule has 16 heavy (non-hydrogen) atoms. The van der Waals surface area contributed by atoms with Crippen molar-refractivity contribution in [1.29, 1.82) is 0 Å². The molecule has 2 nitrogen and oxygen atoms in total. The summed E-state index contributed by atoms with van der Waals surface area (Å²) in [6.07, 6.45) is 0. The van der Waals surface area contributed by atoms with Gasteiger partial charge in [-0.2, -0.15) is 0 Å². The van der Waals surface area contributed by atoms with Crippen LogP contribution in [-0.4, -0.2) is 5.37 Å². The van der Waals surface area contributed by atoms with Gasteiger partial charge in [-0.15, -0.1) is 0 Å². The zero-order valence-electron chi connectivity index (χ0n) is 8.64. The Bertz CT molecular complexity index is 387. The van der Waals surface area contributed by atoms with Gasteiger partial charge in [-0.05, 0) is 22.7 Å². The molecule has 0 aliphatic carbocycles. The summed E-state index contributed by atoms with van der Waals surface area (Å²) in [5, 5.41) is -0.861. The third-order valence-corrected chi connectivity index (χ3v) is 1.88. The fourth-order valence-corrected chi connectivity index (χ4v) is 1.26. The Morgan fingerprint density at radius 1 is 0.812 bits per heavy atom. The van der Waals surface area contributed by atoms with Gasteiger partial charge in [0.1, 0.15) is 0 Å². The lowest BCUT2D eigenvalue weighted by Gasteiger charge is -1.98. The van der Waals surface area contributed by atoms with Crippen molar-refractivity contribution in [2.24, 2.45) is 5.73 Å². The first-order valence-electron chi connectivity index (χ1n) is 4.75. The van der Waals surface area contributed by atoms with Crippen LogP contribution in [0.2, 0.25) is 0 Å². The summed E-state index contributed by atoms with van der Waals surface area (Å²) in [5.74, 6) is 0. The Hall–Kier alpha value is -1.80. The Labute approximate surface area is 99.7 Å². The highest BCUT2D eigenvalue weighted by Crippen LogP contribution is 2.17. The number of amides is 1. The van der Waals surface area contributed by atoms with E-state index in [2.05, 4.69) is 65.9 Å². The number of rotatable bonds is 1. The number of nitrogens with two attached hydrogens (primary N) is 1. The first-order chi connectivity index (χ1) is 7.70. The zero-order valence-corrected chi connectivity index (χ0v) is 9.39. The lowest BCUT2D eigenvalue weighted by atomic mass is 10.1. The molecule has 2 aromatic rings. The van der Waals surface area contributed by atoms with Gasteiger partial charge < -0.3 is 5.73 Å². The molecule has 0 unspecified atom stereocenters. The number of carbonyl (C=O) groups is 1. The first kappa shape index (κ1) is 12.3. The van der Waals surface area contributed by atoms with Gasteiger partial charge in [-0.25, -0.2) is 0 Å². The lowest BCUT2D eigenvalue weighted by Crippen LogP contribution is -1.94. The molecule has 0 atom stereocenters. The van der Waals surface area contributed by atoms with E-state index in [9.17, 15) is 0 Å². The van der Waals surface area contributed by atoms with Gasteiger partial charge in [-0.3, -0.25) is 4.79 Å². The molecule has 0 spiro atoms. The molecule has 0 heterocycles. The Morgan fingerprint density at radius 3 is 1.31 bits per heavy atom. The molecule has 0 aromatic heterocycles. The molecule has 0 bridgehead atoms. The summed E-state index contributed by atoms with van der Waals surface area (Å²) in [7, 11) is 0. The second-order valence-electron chi connectivity index (χ2n) is 3.04. The van der Waals surface area contributed by atoms with Gasteiger partial charge in [0.15, 0.2) is 0 Å². The minimum Gasteiger partial charge on any atom is -0.356 e. The van der Waals surface area contributed by atoms with E-state index in [1.807, 2.05) is 12.1 Å². The normalized spacial score (nSPS) is 8.81. The van der Waals surface area contributed by atoms with E-state index >= 15 is 0 Å². The van der Waals surface area contributed by atoms with Crippen LogP contribution in [0.15, 0.2) is 60.7 Å². The SMILES string of the molecule is NC(=O)Cl.c1ccc(-c2ccccc2)cc1. The van der Waals surface area contributed by atoms with Gasteiger partial charge in [0, 0.05) is 0 Å². The minimum absolute atomic E-state index is 0.861. The van der Waals surface area contributed by atoms with Crippen LogP contribution in [0.25, 0.3) is 11.1 Å². The molecule has 0 aliphatic rings. The Balaban J connectivity index is 0.000000280. The van der Waals surface area contributed by atoms with Crippen LogP contribution in [0.1, 0.15) is 0 Å². The Morgan fingerprint density at radius 2 is 1.06 bits per heavy atom. The fourth-order valence-electron chi connectivity index (χ4n) is 1.26. The fraction of sp³-hybridized carbons (Fsp3) is 0. The van der Waals surface area contributed by atoms with Gasteiger partial charge in [0.25, 0.3) is 0 Å². The van der Waals surface area contributed by atoms with Crippen LogP contribution >= 0.6 is 11.6 Å². The predicted octanol–water partition coefficient (Wildman–Crippen LogP) is 3.66. The standard InChI is InChI=1S/C12H10.CH2ClNO/c1-3-7-11(8-4-1)12-9-5-2-6-10-12;2-1(3)4/h1-10H;(H2,3,4). The van der Waals surface area contributed by atoms with E-state index in [1.165, 1.54) is 11.1 Å². The molecule has 1 amide bonds.